The summed E-state index contributed by atoms with van der Waals surface area (Å²) in [6.07, 6.45) is 0. The third kappa shape index (κ3) is 58.5. The van der Waals surface area contributed by atoms with Crippen molar-refractivity contribution in [3.63, 3.8) is 0 Å². The summed E-state index contributed by atoms with van der Waals surface area (Å²) in [7, 11) is 0. The minimum absolute atomic E-state index is 0. The summed E-state index contributed by atoms with van der Waals surface area (Å²) in [5, 5.41) is 0. The molecule has 0 unspecified atom stereocenters. The maximum absolute atomic E-state index is 5.53. The van der Waals surface area contributed by atoms with Gasteiger partial charge in [0.1, 0.15) is 0 Å². The van der Waals surface area contributed by atoms with Crippen LogP contribution in [-0.4, -0.2) is 34.4 Å². The topological polar surface area (TPSA) is 0 Å². The second-order valence-corrected chi connectivity index (χ2v) is 3.20. The smallest absolute Gasteiger partial charge is 0.0362 e. The van der Waals surface area contributed by atoms with E-state index in [4.69, 9.17) is 11.6 Å². The van der Waals surface area contributed by atoms with Crippen LogP contribution in [-0.2, 0) is 0 Å². The molecule has 1 radical (unpaired) electrons. The number of halogens is 1. The fourth-order valence-electron chi connectivity index (χ4n) is 0. The number of hydrogen-bond donors (Lipinski definition) is 0. The van der Waals surface area contributed by atoms with E-state index >= 15 is 0 Å². The second kappa shape index (κ2) is 3.31. The average molecular weight is 116 g/mol. The van der Waals surface area contributed by atoms with E-state index < -0.39 is 0 Å². The minimum atomic E-state index is -0.0278. The van der Waals surface area contributed by atoms with Gasteiger partial charge < -0.3 is 0 Å². The van der Waals surface area contributed by atoms with Crippen LogP contribution in [0.4, 0.5) is 0 Å². The summed E-state index contributed by atoms with van der Waals surface area (Å²) in [6, 6.07) is 0. The molecule has 0 aromatic carbocycles. The molecule has 0 saturated heterocycles. The molecule has 0 rings (SSSR count). The van der Waals surface area contributed by atoms with Crippen LogP contribution in [0.1, 0.15) is 20.8 Å². The maximum Gasteiger partial charge on any atom is 0.0362 e. The Labute approximate surface area is 66.6 Å². The Morgan fingerprint density at radius 2 is 1.17 bits per heavy atom. The molecular weight excluding hydrogens is 106 g/mol. The standard InChI is InChI=1S/C4H9Cl.Na/c1-4(2,3)5;/h1-3H3;. The van der Waals surface area contributed by atoms with Gasteiger partial charge in [-0.15, -0.1) is 11.6 Å². The van der Waals surface area contributed by atoms with Gasteiger partial charge in [-0.25, -0.2) is 0 Å². The molecule has 0 N–H and O–H groups in total. The van der Waals surface area contributed by atoms with Crippen molar-refractivity contribution in [2.24, 2.45) is 0 Å². The molecule has 6 heavy (non-hydrogen) atoms. The maximum atomic E-state index is 5.53. The third-order valence-corrected chi connectivity index (χ3v) is 0. The van der Waals surface area contributed by atoms with Crippen molar-refractivity contribution in [3.05, 3.63) is 0 Å². The van der Waals surface area contributed by atoms with Crippen LogP contribution in [0.15, 0.2) is 0 Å². The van der Waals surface area contributed by atoms with Crippen molar-refractivity contribution in [3.8, 4) is 0 Å². The fourth-order valence-corrected chi connectivity index (χ4v) is 0. The van der Waals surface area contributed by atoms with Crippen LogP contribution in [0.25, 0.3) is 0 Å². The zero-order chi connectivity index (χ0) is 4.50. The number of alkyl halides is 1. The first kappa shape index (κ1) is 10.3. The minimum Gasteiger partial charge on any atom is -0.120 e. The first-order valence-electron chi connectivity index (χ1n) is 1.69. The molecule has 33 valence electrons. The first-order chi connectivity index (χ1) is 2.00. The van der Waals surface area contributed by atoms with Gasteiger partial charge >= 0.3 is 0 Å². The summed E-state index contributed by atoms with van der Waals surface area (Å²) in [6.45, 7) is 5.86. The summed E-state index contributed by atoms with van der Waals surface area (Å²) in [4.78, 5) is -0.0278. The molecule has 0 bridgehead atoms. The van der Waals surface area contributed by atoms with Gasteiger partial charge in [0, 0.05) is 34.4 Å². The van der Waals surface area contributed by atoms with Gasteiger partial charge in [0.25, 0.3) is 0 Å². The molecule has 0 aliphatic heterocycles. The van der Waals surface area contributed by atoms with Gasteiger partial charge in [-0.1, -0.05) is 0 Å². The van der Waals surface area contributed by atoms with E-state index in [0.717, 1.165) is 0 Å². The molecule has 0 heterocycles. The molecular formula is C4H9ClNa. The summed E-state index contributed by atoms with van der Waals surface area (Å²) >= 11 is 5.53. The van der Waals surface area contributed by atoms with Crippen molar-refractivity contribution in [2.45, 2.75) is 25.6 Å². The normalized spacial score (nSPS) is 10.0. The van der Waals surface area contributed by atoms with Gasteiger partial charge in [0.2, 0.25) is 0 Å². The predicted molar refractivity (Wildman–Crippen MR) is 31.4 cm³/mol. The molecule has 2 heteroatoms. The molecule has 0 saturated carbocycles. The Morgan fingerprint density at radius 1 is 1.17 bits per heavy atom. The van der Waals surface area contributed by atoms with Crippen LogP contribution in [0.2, 0.25) is 0 Å². The second-order valence-electron chi connectivity index (χ2n) is 2.07. The summed E-state index contributed by atoms with van der Waals surface area (Å²) in [5.74, 6) is 0. The largest absolute Gasteiger partial charge is 0.120 e. The molecule has 0 aliphatic carbocycles. The van der Waals surface area contributed by atoms with Gasteiger partial charge in [-0.2, -0.15) is 0 Å². The molecule has 0 spiro atoms. The molecule has 0 nitrogen and oxygen atoms in total. The Hall–Kier alpha value is 1.29. The van der Waals surface area contributed by atoms with Crippen LogP contribution < -0.4 is 0 Å². The van der Waals surface area contributed by atoms with Crippen LogP contribution >= 0.6 is 11.6 Å². The number of rotatable bonds is 0. The van der Waals surface area contributed by atoms with E-state index in [1.54, 1.807) is 0 Å². The van der Waals surface area contributed by atoms with Gasteiger partial charge in [0.15, 0.2) is 0 Å². The quantitative estimate of drug-likeness (QED) is 0.333. The summed E-state index contributed by atoms with van der Waals surface area (Å²) < 4.78 is 0. The van der Waals surface area contributed by atoms with Crippen LogP contribution in [0, 0.1) is 0 Å². The van der Waals surface area contributed by atoms with Gasteiger partial charge in [-0.05, 0) is 20.8 Å². The van der Waals surface area contributed by atoms with Crippen molar-refractivity contribution >= 4 is 41.2 Å². The van der Waals surface area contributed by atoms with Crippen LogP contribution in [0.5, 0.6) is 0 Å². The van der Waals surface area contributed by atoms with E-state index in [1.165, 1.54) is 0 Å². The SMILES string of the molecule is CC(C)(C)Cl.[Na]. The predicted octanol–water partition coefficient (Wildman–Crippen LogP) is 1.64. The van der Waals surface area contributed by atoms with Crippen molar-refractivity contribution < 1.29 is 0 Å². The Kier molecular flexibility index (Phi) is 5.69. The zero-order valence-corrected chi connectivity index (χ0v) is 7.63. The van der Waals surface area contributed by atoms with Crippen molar-refractivity contribution in [2.75, 3.05) is 0 Å². The van der Waals surface area contributed by atoms with Crippen LogP contribution in [0.3, 0.4) is 0 Å². The molecule has 0 aliphatic rings. The van der Waals surface area contributed by atoms with Gasteiger partial charge in [-0.3, -0.25) is 0 Å². The fraction of sp³-hybridized carbons (Fsp3) is 1.00. The number of hydrogen-bond acceptors (Lipinski definition) is 0. The van der Waals surface area contributed by atoms with E-state index in [9.17, 15) is 0 Å². The average Bonchev–Trinajstić information content (AvgIpc) is 0.722. The third-order valence-electron chi connectivity index (χ3n) is 0. The zero-order valence-electron chi connectivity index (χ0n) is 4.88. The van der Waals surface area contributed by atoms with E-state index in [0.29, 0.717) is 0 Å². The van der Waals surface area contributed by atoms with E-state index in [2.05, 4.69) is 0 Å². The van der Waals surface area contributed by atoms with E-state index in [-0.39, 0.29) is 34.4 Å². The first-order valence-corrected chi connectivity index (χ1v) is 2.07. The molecule has 0 aromatic heterocycles. The van der Waals surface area contributed by atoms with Crippen molar-refractivity contribution in [1.82, 2.24) is 0 Å². The molecule has 0 amide bonds. The molecule has 0 aromatic rings. The van der Waals surface area contributed by atoms with Crippen molar-refractivity contribution in [1.29, 1.82) is 0 Å². The van der Waals surface area contributed by atoms with E-state index in [1.807, 2.05) is 20.8 Å². The molecule has 0 fully saturated rings. The Morgan fingerprint density at radius 3 is 1.17 bits per heavy atom. The Balaban J connectivity index is 0. The van der Waals surface area contributed by atoms with Gasteiger partial charge in [0.05, 0.1) is 0 Å². The molecule has 0 atom stereocenters. The Bertz CT molecular complexity index is 23.0. The monoisotopic (exact) mass is 115 g/mol. The summed E-state index contributed by atoms with van der Waals surface area (Å²) in [5.41, 5.74) is 0.